The molecule has 2 amide bonds. The smallest absolute Gasteiger partial charge is 0.321 e. The molecular formula is C15H8F4N2O4S. The minimum Gasteiger partial charge on any atom is -0.321 e. The van der Waals surface area contributed by atoms with Gasteiger partial charge in [-0.1, -0.05) is 6.07 Å². The third-order valence-corrected chi connectivity index (χ3v) is 4.88. The largest absolute Gasteiger partial charge is 0.416 e. The summed E-state index contributed by atoms with van der Waals surface area (Å²) in [4.78, 5) is 23.6. The van der Waals surface area contributed by atoms with E-state index in [2.05, 4.69) is 5.32 Å². The fourth-order valence-electron chi connectivity index (χ4n) is 2.40. The van der Waals surface area contributed by atoms with E-state index in [1.165, 1.54) is 12.1 Å². The van der Waals surface area contributed by atoms with Crippen molar-refractivity contribution in [1.82, 2.24) is 4.72 Å². The van der Waals surface area contributed by atoms with Gasteiger partial charge in [0.15, 0.2) is 0 Å². The molecular weight excluding hydrogens is 380 g/mol. The van der Waals surface area contributed by atoms with Gasteiger partial charge in [-0.15, -0.1) is 0 Å². The summed E-state index contributed by atoms with van der Waals surface area (Å²) in [6, 6.07) is 4.82. The van der Waals surface area contributed by atoms with Crippen LogP contribution in [0.5, 0.6) is 0 Å². The average Bonchev–Trinajstić information content (AvgIpc) is 2.76. The van der Waals surface area contributed by atoms with Crippen LogP contribution in [0.1, 0.15) is 26.3 Å². The number of hydrogen-bond donors (Lipinski definition) is 2. The Morgan fingerprint density at radius 1 is 1.12 bits per heavy atom. The van der Waals surface area contributed by atoms with Gasteiger partial charge in [0.25, 0.3) is 21.8 Å². The van der Waals surface area contributed by atoms with Gasteiger partial charge < -0.3 is 5.32 Å². The maximum atomic E-state index is 13.4. The molecule has 0 bridgehead atoms. The highest BCUT2D eigenvalue weighted by Crippen LogP contribution is 2.32. The first-order chi connectivity index (χ1) is 12.0. The van der Waals surface area contributed by atoms with Gasteiger partial charge in [0.2, 0.25) is 0 Å². The first-order valence-corrected chi connectivity index (χ1v) is 8.36. The Labute approximate surface area is 143 Å². The highest BCUT2D eigenvalue weighted by Gasteiger charge is 2.35. The predicted octanol–water partition coefficient (Wildman–Crippen LogP) is 2.53. The molecule has 0 unspecified atom stereocenters. The summed E-state index contributed by atoms with van der Waals surface area (Å²) in [5.41, 5.74) is -2.59. The van der Waals surface area contributed by atoms with Crippen LogP contribution >= 0.6 is 0 Å². The fourth-order valence-corrected chi connectivity index (χ4v) is 3.59. The molecule has 0 aromatic heterocycles. The summed E-state index contributed by atoms with van der Waals surface area (Å²) < 4.78 is 76.9. The fraction of sp³-hybridized carbons (Fsp3) is 0.0667. The van der Waals surface area contributed by atoms with E-state index in [1.54, 1.807) is 4.72 Å². The third kappa shape index (κ3) is 3.12. The number of fused-ring (bicyclic) bond motifs is 1. The number of nitrogens with one attached hydrogen (secondary N) is 2. The second-order valence-corrected chi connectivity index (χ2v) is 6.94. The zero-order chi connectivity index (χ0) is 19.3. The quantitative estimate of drug-likeness (QED) is 0.774. The lowest BCUT2D eigenvalue weighted by molar-refractivity contribution is -0.137. The van der Waals surface area contributed by atoms with E-state index in [9.17, 15) is 35.6 Å². The van der Waals surface area contributed by atoms with Crippen molar-refractivity contribution in [2.24, 2.45) is 0 Å². The molecule has 2 aromatic rings. The SMILES string of the molecule is O=C(Nc1cccc2c1C(=O)NS2(=O)=O)c1cc(F)cc(C(F)(F)F)c1. The van der Waals surface area contributed by atoms with Crippen LogP contribution in [0.3, 0.4) is 0 Å². The number of alkyl halides is 3. The van der Waals surface area contributed by atoms with Gasteiger partial charge in [0.1, 0.15) is 10.7 Å². The van der Waals surface area contributed by atoms with Crippen LogP contribution in [-0.4, -0.2) is 20.2 Å². The van der Waals surface area contributed by atoms with Crippen LogP contribution in [0.2, 0.25) is 0 Å². The molecule has 0 atom stereocenters. The number of carbonyl (C=O) groups is 2. The molecule has 2 N–H and O–H groups in total. The van der Waals surface area contributed by atoms with Crippen molar-refractivity contribution in [3.05, 3.63) is 58.9 Å². The first-order valence-electron chi connectivity index (χ1n) is 6.88. The molecule has 0 saturated carbocycles. The molecule has 6 nitrogen and oxygen atoms in total. The molecule has 1 aliphatic heterocycles. The number of halogens is 4. The molecule has 3 rings (SSSR count). The summed E-state index contributed by atoms with van der Waals surface area (Å²) in [5, 5.41) is 2.13. The normalized spacial score (nSPS) is 15.3. The number of amides is 2. The van der Waals surface area contributed by atoms with Crippen molar-refractivity contribution < 1.29 is 35.6 Å². The highest BCUT2D eigenvalue weighted by atomic mass is 32.2. The summed E-state index contributed by atoms with van der Waals surface area (Å²) in [5.74, 6) is -3.41. The number of hydrogen-bond acceptors (Lipinski definition) is 4. The summed E-state index contributed by atoms with van der Waals surface area (Å²) in [6.45, 7) is 0. The van der Waals surface area contributed by atoms with E-state index in [1.807, 2.05) is 0 Å². The zero-order valence-electron chi connectivity index (χ0n) is 12.5. The van der Waals surface area contributed by atoms with Crippen LogP contribution < -0.4 is 10.0 Å². The Balaban J connectivity index is 2.00. The van der Waals surface area contributed by atoms with Crippen molar-refractivity contribution in [3.8, 4) is 0 Å². The first kappa shape index (κ1) is 17.9. The van der Waals surface area contributed by atoms with Crippen molar-refractivity contribution in [3.63, 3.8) is 0 Å². The Kier molecular flexibility index (Phi) is 3.98. The van der Waals surface area contributed by atoms with Gasteiger partial charge in [0, 0.05) is 5.56 Å². The highest BCUT2D eigenvalue weighted by molar-refractivity contribution is 7.90. The van der Waals surface area contributed by atoms with Gasteiger partial charge in [-0.25, -0.2) is 17.5 Å². The molecule has 136 valence electrons. The third-order valence-electron chi connectivity index (χ3n) is 3.51. The molecule has 11 heteroatoms. The van der Waals surface area contributed by atoms with E-state index in [0.29, 0.717) is 12.1 Å². The lowest BCUT2D eigenvalue weighted by Gasteiger charge is -2.11. The van der Waals surface area contributed by atoms with Gasteiger partial charge in [-0.05, 0) is 30.3 Å². The second kappa shape index (κ2) is 5.80. The molecule has 0 radical (unpaired) electrons. The molecule has 0 aliphatic carbocycles. The number of carbonyl (C=O) groups excluding carboxylic acids is 2. The second-order valence-electron chi connectivity index (χ2n) is 5.29. The van der Waals surface area contributed by atoms with Crippen LogP contribution in [0.4, 0.5) is 23.2 Å². The van der Waals surface area contributed by atoms with Gasteiger partial charge in [-0.2, -0.15) is 13.2 Å². The average molecular weight is 388 g/mol. The summed E-state index contributed by atoms with van der Waals surface area (Å²) >= 11 is 0. The Hall–Kier alpha value is -2.95. The molecule has 26 heavy (non-hydrogen) atoms. The maximum absolute atomic E-state index is 13.4. The number of anilines is 1. The Bertz CT molecular complexity index is 1050. The lowest BCUT2D eigenvalue weighted by Crippen LogP contribution is -2.21. The van der Waals surface area contributed by atoms with Crippen molar-refractivity contribution in [2.75, 3.05) is 5.32 Å². The molecule has 0 fully saturated rings. The van der Waals surface area contributed by atoms with Gasteiger partial charge in [0.05, 0.1) is 16.8 Å². The zero-order valence-corrected chi connectivity index (χ0v) is 13.3. The maximum Gasteiger partial charge on any atom is 0.416 e. The van der Waals surface area contributed by atoms with Crippen molar-refractivity contribution >= 4 is 27.5 Å². The van der Waals surface area contributed by atoms with E-state index >= 15 is 0 Å². The van der Waals surface area contributed by atoms with Crippen molar-refractivity contribution in [1.29, 1.82) is 0 Å². The number of rotatable bonds is 2. The Morgan fingerprint density at radius 3 is 2.46 bits per heavy atom. The van der Waals surface area contributed by atoms with Crippen molar-refractivity contribution in [2.45, 2.75) is 11.1 Å². The Morgan fingerprint density at radius 2 is 1.81 bits per heavy atom. The molecule has 2 aromatic carbocycles. The lowest BCUT2D eigenvalue weighted by atomic mass is 10.1. The van der Waals surface area contributed by atoms with Gasteiger partial charge in [-0.3, -0.25) is 9.59 Å². The number of benzene rings is 2. The van der Waals surface area contributed by atoms with Gasteiger partial charge >= 0.3 is 6.18 Å². The van der Waals surface area contributed by atoms with E-state index < -0.39 is 45.0 Å². The standard InChI is InChI=1S/C15H8F4N2O4S/c16-9-5-7(4-8(6-9)15(17,18)19)13(22)20-10-2-1-3-11-12(10)14(23)21-26(11,24)25/h1-6H,(H,20,22)(H,21,23). The molecule has 0 spiro atoms. The molecule has 1 heterocycles. The van der Waals surface area contributed by atoms with Crippen LogP contribution in [0.15, 0.2) is 41.3 Å². The van der Waals surface area contributed by atoms with Crippen LogP contribution in [-0.2, 0) is 16.2 Å². The predicted molar refractivity (Wildman–Crippen MR) is 80.4 cm³/mol. The monoisotopic (exact) mass is 388 g/mol. The summed E-state index contributed by atoms with van der Waals surface area (Å²) in [6.07, 6.45) is -4.86. The van der Waals surface area contributed by atoms with E-state index in [4.69, 9.17) is 0 Å². The minimum atomic E-state index is -4.86. The molecule has 0 saturated heterocycles. The number of sulfonamides is 1. The van der Waals surface area contributed by atoms with E-state index in [-0.39, 0.29) is 22.2 Å². The van der Waals surface area contributed by atoms with Crippen LogP contribution in [0.25, 0.3) is 0 Å². The molecule has 1 aliphatic rings. The minimum absolute atomic E-state index is 0.233. The van der Waals surface area contributed by atoms with Crippen LogP contribution in [0, 0.1) is 5.82 Å². The summed E-state index contributed by atoms with van der Waals surface area (Å²) in [7, 11) is -4.07. The van der Waals surface area contributed by atoms with E-state index in [0.717, 1.165) is 6.07 Å². The topological polar surface area (TPSA) is 92.3 Å².